The smallest absolute Gasteiger partial charge is 0.310 e. The molecule has 118 valence electrons. The standard InChI is InChI=1S/C16H23F3N2/c1-2-9-21(12-16(17,18)19)11-14-5-3-13(4-6-14)10-20-15-7-8-15/h3-6,15,20H,2,7-12H2,1H3. The normalized spacial score (nSPS) is 15.7. The minimum Gasteiger partial charge on any atom is -0.310 e. The van der Waals surface area contributed by atoms with Crippen LogP contribution in [0.2, 0.25) is 0 Å². The van der Waals surface area contributed by atoms with E-state index >= 15 is 0 Å². The van der Waals surface area contributed by atoms with E-state index in [-0.39, 0.29) is 0 Å². The van der Waals surface area contributed by atoms with Gasteiger partial charge in [0, 0.05) is 19.1 Å². The molecule has 2 rings (SSSR count). The van der Waals surface area contributed by atoms with E-state index in [9.17, 15) is 13.2 Å². The summed E-state index contributed by atoms with van der Waals surface area (Å²) in [6, 6.07) is 8.54. The summed E-state index contributed by atoms with van der Waals surface area (Å²) in [6.45, 7) is 2.71. The summed E-state index contributed by atoms with van der Waals surface area (Å²) >= 11 is 0. The summed E-state index contributed by atoms with van der Waals surface area (Å²) in [5, 5.41) is 3.43. The van der Waals surface area contributed by atoms with Crippen molar-refractivity contribution in [2.24, 2.45) is 0 Å². The molecule has 1 aliphatic rings. The Morgan fingerprint density at radius 3 is 2.29 bits per heavy atom. The molecule has 1 aromatic rings. The van der Waals surface area contributed by atoms with Crippen molar-refractivity contribution in [3.63, 3.8) is 0 Å². The molecular weight excluding hydrogens is 277 g/mol. The first-order chi connectivity index (χ1) is 9.96. The second-order valence-corrected chi connectivity index (χ2v) is 5.80. The third-order valence-corrected chi connectivity index (χ3v) is 3.54. The zero-order valence-corrected chi connectivity index (χ0v) is 12.4. The predicted molar refractivity (Wildman–Crippen MR) is 77.9 cm³/mol. The Morgan fingerprint density at radius 2 is 1.76 bits per heavy atom. The Hall–Kier alpha value is -1.07. The van der Waals surface area contributed by atoms with Crippen LogP contribution >= 0.6 is 0 Å². The minimum atomic E-state index is -4.14. The second-order valence-electron chi connectivity index (χ2n) is 5.80. The fourth-order valence-corrected chi connectivity index (χ4v) is 2.35. The van der Waals surface area contributed by atoms with E-state index in [1.807, 2.05) is 31.2 Å². The summed E-state index contributed by atoms with van der Waals surface area (Å²) in [7, 11) is 0. The third kappa shape index (κ3) is 6.48. The highest BCUT2D eigenvalue weighted by molar-refractivity contribution is 5.22. The number of hydrogen-bond acceptors (Lipinski definition) is 2. The van der Waals surface area contributed by atoms with E-state index in [1.165, 1.54) is 23.3 Å². The molecule has 1 saturated carbocycles. The van der Waals surface area contributed by atoms with Crippen molar-refractivity contribution in [1.29, 1.82) is 0 Å². The van der Waals surface area contributed by atoms with Crippen LogP contribution in [-0.4, -0.2) is 30.2 Å². The number of nitrogens with one attached hydrogen (secondary N) is 1. The zero-order chi connectivity index (χ0) is 15.3. The highest BCUT2D eigenvalue weighted by Gasteiger charge is 2.30. The van der Waals surface area contributed by atoms with E-state index in [1.54, 1.807) is 0 Å². The Bertz CT molecular complexity index is 424. The molecule has 5 heteroatoms. The van der Waals surface area contributed by atoms with Gasteiger partial charge in [-0.1, -0.05) is 31.2 Å². The first kappa shape index (κ1) is 16.3. The highest BCUT2D eigenvalue weighted by Crippen LogP contribution is 2.20. The summed E-state index contributed by atoms with van der Waals surface area (Å²) in [4.78, 5) is 1.46. The lowest BCUT2D eigenvalue weighted by atomic mass is 10.1. The molecule has 0 heterocycles. The van der Waals surface area contributed by atoms with E-state index in [0.29, 0.717) is 19.1 Å². The molecule has 21 heavy (non-hydrogen) atoms. The van der Waals surface area contributed by atoms with Crippen molar-refractivity contribution in [3.8, 4) is 0 Å². The molecule has 1 fully saturated rings. The monoisotopic (exact) mass is 300 g/mol. The molecule has 0 amide bonds. The average molecular weight is 300 g/mol. The number of halogens is 3. The van der Waals surface area contributed by atoms with Gasteiger partial charge in [-0.05, 0) is 36.9 Å². The predicted octanol–water partition coefficient (Wildman–Crippen LogP) is 3.71. The van der Waals surface area contributed by atoms with Gasteiger partial charge in [0.05, 0.1) is 6.54 Å². The van der Waals surface area contributed by atoms with Crippen molar-refractivity contribution < 1.29 is 13.2 Å². The molecule has 2 nitrogen and oxygen atoms in total. The van der Waals surface area contributed by atoms with Gasteiger partial charge in [0.15, 0.2) is 0 Å². The van der Waals surface area contributed by atoms with Crippen LogP contribution < -0.4 is 5.32 Å². The maximum absolute atomic E-state index is 12.5. The van der Waals surface area contributed by atoms with Gasteiger partial charge in [0.1, 0.15) is 0 Å². The first-order valence-electron chi connectivity index (χ1n) is 7.56. The summed E-state index contributed by atoms with van der Waals surface area (Å²) in [5.74, 6) is 0. The first-order valence-corrected chi connectivity index (χ1v) is 7.56. The van der Waals surface area contributed by atoms with Crippen LogP contribution in [0, 0.1) is 0 Å². The number of benzene rings is 1. The number of hydrogen-bond donors (Lipinski definition) is 1. The van der Waals surface area contributed by atoms with Crippen molar-refractivity contribution >= 4 is 0 Å². The van der Waals surface area contributed by atoms with Gasteiger partial charge in [-0.25, -0.2) is 0 Å². The van der Waals surface area contributed by atoms with E-state index in [4.69, 9.17) is 0 Å². The van der Waals surface area contributed by atoms with Crippen LogP contribution in [0.5, 0.6) is 0 Å². The van der Waals surface area contributed by atoms with E-state index in [0.717, 1.165) is 18.5 Å². The van der Waals surface area contributed by atoms with Crippen LogP contribution in [0.3, 0.4) is 0 Å². The Morgan fingerprint density at radius 1 is 1.14 bits per heavy atom. The zero-order valence-electron chi connectivity index (χ0n) is 12.4. The molecule has 0 aliphatic heterocycles. The van der Waals surface area contributed by atoms with Gasteiger partial charge >= 0.3 is 6.18 Å². The lowest BCUT2D eigenvalue weighted by Crippen LogP contribution is -2.34. The summed E-state index contributed by atoms with van der Waals surface area (Å²) in [5.41, 5.74) is 2.12. The molecule has 0 atom stereocenters. The second kappa shape index (κ2) is 7.27. The Kier molecular flexibility index (Phi) is 5.65. The molecule has 1 aliphatic carbocycles. The molecule has 1 N–H and O–H groups in total. The average Bonchev–Trinajstić information content (AvgIpc) is 3.20. The summed E-state index contributed by atoms with van der Waals surface area (Å²) in [6.07, 6.45) is -0.911. The van der Waals surface area contributed by atoms with Crippen LogP contribution in [0.15, 0.2) is 24.3 Å². The molecule has 0 bridgehead atoms. The Balaban J connectivity index is 1.86. The largest absolute Gasteiger partial charge is 0.401 e. The minimum absolute atomic E-state index is 0.351. The fourth-order valence-electron chi connectivity index (χ4n) is 2.35. The molecule has 0 saturated heterocycles. The van der Waals surface area contributed by atoms with Gasteiger partial charge < -0.3 is 5.32 Å². The van der Waals surface area contributed by atoms with Crippen LogP contribution in [0.1, 0.15) is 37.3 Å². The molecule has 1 aromatic carbocycles. The molecule has 0 spiro atoms. The summed E-state index contributed by atoms with van der Waals surface area (Å²) < 4.78 is 37.6. The van der Waals surface area contributed by atoms with E-state index in [2.05, 4.69) is 5.32 Å². The van der Waals surface area contributed by atoms with Gasteiger partial charge in [0.2, 0.25) is 0 Å². The molecule has 0 radical (unpaired) electrons. The quantitative estimate of drug-likeness (QED) is 0.787. The lowest BCUT2D eigenvalue weighted by Gasteiger charge is -2.23. The topological polar surface area (TPSA) is 15.3 Å². The molecule has 0 aromatic heterocycles. The van der Waals surface area contributed by atoms with Gasteiger partial charge in [-0.3, -0.25) is 4.90 Å². The fraction of sp³-hybridized carbons (Fsp3) is 0.625. The number of alkyl halides is 3. The number of nitrogens with zero attached hydrogens (tertiary/aromatic N) is 1. The molecule has 0 unspecified atom stereocenters. The maximum atomic E-state index is 12.5. The van der Waals surface area contributed by atoms with Crippen molar-refractivity contribution in [3.05, 3.63) is 35.4 Å². The van der Waals surface area contributed by atoms with Gasteiger partial charge in [0.25, 0.3) is 0 Å². The SMILES string of the molecule is CCCN(Cc1ccc(CNC2CC2)cc1)CC(F)(F)F. The third-order valence-electron chi connectivity index (χ3n) is 3.54. The number of rotatable bonds is 8. The maximum Gasteiger partial charge on any atom is 0.401 e. The van der Waals surface area contributed by atoms with Crippen molar-refractivity contribution in [2.75, 3.05) is 13.1 Å². The Labute approximate surface area is 124 Å². The highest BCUT2D eigenvalue weighted by atomic mass is 19.4. The van der Waals surface area contributed by atoms with Crippen LogP contribution in [0.4, 0.5) is 13.2 Å². The van der Waals surface area contributed by atoms with E-state index < -0.39 is 12.7 Å². The van der Waals surface area contributed by atoms with Crippen LogP contribution in [-0.2, 0) is 13.1 Å². The molecular formula is C16H23F3N2. The van der Waals surface area contributed by atoms with Gasteiger partial charge in [-0.2, -0.15) is 13.2 Å². The van der Waals surface area contributed by atoms with Gasteiger partial charge in [-0.15, -0.1) is 0 Å². The lowest BCUT2D eigenvalue weighted by molar-refractivity contribution is -0.147. The van der Waals surface area contributed by atoms with Crippen LogP contribution in [0.25, 0.3) is 0 Å². The van der Waals surface area contributed by atoms with Crippen molar-refractivity contribution in [2.45, 2.75) is 51.5 Å². The van der Waals surface area contributed by atoms with Crippen molar-refractivity contribution in [1.82, 2.24) is 10.2 Å².